The molecular weight excluding hydrogens is 346 g/mol. The molecule has 0 fully saturated rings. The fraction of sp³-hybridized carbons (Fsp3) is 0.0909. The summed E-state index contributed by atoms with van der Waals surface area (Å²) in [5.41, 5.74) is -0.139. The lowest BCUT2D eigenvalue weighted by molar-refractivity contribution is 0.593. The van der Waals surface area contributed by atoms with Gasteiger partial charge in [0.25, 0.3) is 5.56 Å². The summed E-state index contributed by atoms with van der Waals surface area (Å²) in [4.78, 5) is 15.5. The first-order valence-corrected chi connectivity index (χ1v) is 6.38. The summed E-state index contributed by atoms with van der Waals surface area (Å²) < 4.78 is 15.4. The van der Waals surface area contributed by atoms with Gasteiger partial charge in [0.05, 0.1) is 12.9 Å². The summed E-state index contributed by atoms with van der Waals surface area (Å²) in [5.74, 6) is -0.414. The highest BCUT2D eigenvalue weighted by Crippen LogP contribution is 2.17. The Labute approximate surface area is 120 Å². The standard InChI is InChI=1S/C11H6BrCl2FN2O/c12-7-2-1-6(8(15)3-7)4-17-5-16-10(14)9(13)11(17)18/h1-3,5H,4H2. The number of nitrogens with zero attached hydrogens (tertiary/aromatic N) is 2. The molecule has 7 heteroatoms. The van der Waals surface area contributed by atoms with Crippen molar-refractivity contribution in [2.24, 2.45) is 0 Å². The van der Waals surface area contributed by atoms with Crippen molar-refractivity contribution in [3.05, 3.63) is 60.9 Å². The first-order chi connectivity index (χ1) is 8.49. The second kappa shape index (κ2) is 5.38. The quantitative estimate of drug-likeness (QED) is 0.776. The summed E-state index contributed by atoms with van der Waals surface area (Å²) in [6.45, 7) is 0.0435. The van der Waals surface area contributed by atoms with Crippen LogP contribution in [0.3, 0.4) is 0 Å². The molecule has 0 aliphatic rings. The molecule has 94 valence electrons. The topological polar surface area (TPSA) is 34.9 Å². The zero-order chi connectivity index (χ0) is 13.3. The van der Waals surface area contributed by atoms with E-state index < -0.39 is 11.4 Å². The Morgan fingerprint density at radius 3 is 2.78 bits per heavy atom. The van der Waals surface area contributed by atoms with Crippen LogP contribution in [0.1, 0.15) is 5.56 Å². The second-order valence-corrected chi connectivity index (χ2v) is 5.17. The molecule has 0 radical (unpaired) electrons. The molecule has 1 heterocycles. The molecule has 0 aliphatic heterocycles. The highest BCUT2D eigenvalue weighted by molar-refractivity contribution is 9.10. The Balaban J connectivity index is 2.41. The zero-order valence-electron chi connectivity index (χ0n) is 8.83. The molecule has 1 aromatic heterocycles. The first-order valence-electron chi connectivity index (χ1n) is 4.83. The molecule has 0 unspecified atom stereocenters. The van der Waals surface area contributed by atoms with E-state index in [-0.39, 0.29) is 16.7 Å². The van der Waals surface area contributed by atoms with Gasteiger partial charge in [0.2, 0.25) is 0 Å². The molecule has 0 N–H and O–H groups in total. The van der Waals surface area contributed by atoms with Crippen LogP contribution < -0.4 is 5.56 Å². The summed E-state index contributed by atoms with van der Waals surface area (Å²) in [6, 6.07) is 4.59. The number of aromatic nitrogens is 2. The summed E-state index contributed by atoms with van der Waals surface area (Å²) in [5, 5.41) is -0.231. The third-order valence-corrected chi connectivity index (χ3v) is 3.51. The van der Waals surface area contributed by atoms with Crippen molar-refractivity contribution >= 4 is 39.1 Å². The fourth-order valence-electron chi connectivity index (χ4n) is 1.39. The Kier molecular flexibility index (Phi) is 4.04. The summed E-state index contributed by atoms with van der Waals surface area (Å²) in [6.07, 6.45) is 1.23. The molecule has 1 aromatic carbocycles. The van der Waals surface area contributed by atoms with Crippen molar-refractivity contribution in [3.63, 3.8) is 0 Å². The minimum absolute atomic E-state index is 0.0435. The minimum Gasteiger partial charge on any atom is -0.293 e. The van der Waals surface area contributed by atoms with Crippen LogP contribution in [0.15, 0.2) is 33.8 Å². The Hall–Kier alpha value is -0.910. The van der Waals surface area contributed by atoms with Gasteiger partial charge in [-0.05, 0) is 12.1 Å². The van der Waals surface area contributed by atoms with E-state index in [4.69, 9.17) is 23.2 Å². The van der Waals surface area contributed by atoms with Crippen molar-refractivity contribution < 1.29 is 4.39 Å². The van der Waals surface area contributed by atoms with Gasteiger partial charge in [-0.15, -0.1) is 0 Å². The van der Waals surface area contributed by atoms with Crippen LogP contribution in [0.25, 0.3) is 0 Å². The minimum atomic E-state index is -0.501. The van der Waals surface area contributed by atoms with Crippen LogP contribution >= 0.6 is 39.1 Å². The molecule has 18 heavy (non-hydrogen) atoms. The number of halogens is 4. The predicted molar refractivity (Wildman–Crippen MR) is 71.7 cm³/mol. The third kappa shape index (κ3) is 2.74. The Bertz CT molecular complexity index is 660. The van der Waals surface area contributed by atoms with Crippen molar-refractivity contribution in [3.8, 4) is 0 Å². The van der Waals surface area contributed by atoms with Gasteiger partial charge in [-0.2, -0.15) is 0 Å². The Morgan fingerprint density at radius 2 is 2.11 bits per heavy atom. The SMILES string of the molecule is O=c1c(Cl)c(Cl)ncn1Cc1ccc(Br)cc1F. The van der Waals surface area contributed by atoms with Crippen molar-refractivity contribution in [1.29, 1.82) is 0 Å². The van der Waals surface area contributed by atoms with E-state index in [0.29, 0.717) is 10.0 Å². The van der Waals surface area contributed by atoms with Crippen LogP contribution in [0, 0.1) is 5.82 Å². The van der Waals surface area contributed by atoms with E-state index in [9.17, 15) is 9.18 Å². The van der Waals surface area contributed by atoms with E-state index >= 15 is 0 Å². The van der Waals surface area contributed by atoms with Gasteiger partial charge in [-0.3, -0.25) is 9.36 Å². The van der Waals surface area contributed by atoms with Gasteiger partial charge in [0.1, 0.15) is 10.8 Å². The van der Waals surface area contributed by atoms with Crippen LogP contribution in [-0.4, -0.2) is 9.55 Å². The molecule has 0 saturated carbocycles. The molecule has 2 aromatic rings. The van der Waals surface area contributed by atoms with Gasteiger partial charge >= 0.3 is 0 Å². The van der Waals surface area contributed by atoms with Crippen LogP contribution in [0.4, 0.5) is 4.39 Å². The molecule has 0 saturated heterocycles. The largest absolute Gasteiger partial charge is 0.293 e. The van der Waals surface area contributed by atoms with Gasteiger partial charge in [0.15, 0.2) is 5.15 Å². The monoisotopic (exact) mass is 350 g/mol. The smallest absolute Gasteiger partial charge is 0.273 e. The van der Waals surface area contributed by atoms with Crippen molar-refractivity contribution in [2.75, 3.05) is 0 Å². The fourth-order valence-corrected chi connectivity index (χ4v) is 2.00. The lowest BCUT2D eigenvalue weighted by Crippen LogP contribution is -2.22. The number of hydrogen-bond acceptors (Lipinski definition) is 2. The van der Waals surface area contributed by atoms with E-state index in [1.165, 1.54) is 17.0 Å². The molecule has 0 atom stereocenters. The van der Waals surface area contributed by atoms with Crippen LogP contribution in [0.2, 0.25) is 10.2 Å². The van der Waals surface area contributed by atoms with Gasteiger partial charge in [0, 0.05) is 10.0 Å². The maximum absolute atomic E-state index is 13.6. The summed E-state index contributed by atoms with van der Waals surface area (Å²) >= 11 is 14.4. The van der Waals surface area contributed by atoms with Gasteiger partial charge in [-0.25, -0.2) is 9.37 Å². The van der Waals surface area contributed by atoms with E-state index in [2.05, 4.69) is 20.9 Å². The lowest BCUT2D eigenvalue weighted by Gasteiger charge is -2.07. The second-order valence-electron chi connectivity index (χ2n) is 3.52. The van der Waals surface area contributed by atoms with Crippen molar-refractivity contribution in [1.82, 2.24) is 9.55 Å². The molecular formula is C11H6BrCl2FN2O. The number of benzene rings is 1. The molecule has 2 rings (SSSR count). The maximum Gasteiger partial charge on any atom is 0.273 e. The Morgan fingerprint density at radius 1 is 1.39 bits per heavy atom. The van der Waals surface area contributed by atoms with Gasteiger partial charge < -0.3 is 0 Å². The average Bonchev–Trinajstić information content (AvgIpc) is 2.33. The third-order valence-electron chi connectivity index (χ3n) is 2.30. The van der Waals surface area contributed by atoms with E-state index in [1.807, 2.05) is 0 Å². The molecule has 3 nitrogen and oxygen atoms in total. The normalized spacial score (nSPS) is 10.7. The molecule has 0 aliphatic carbocycles. The maximum atomic E-state index is 13.6. The van der Waals surface area contributed by atoms with Gasteiger partial charge in [-0.1, -0.05) is 45.2 Å². The number of hydrogen-bond donors (Lipinski definition) is 0. The molecule has 0 spiro atoms. The highest BCUT2D eigenvalue weighted by Gasteiger charge is 2.10. The lowest BCUT2D eigenvalue weighted by atomic mass is 10.2. The predicted octanol–water partition coefficient (Wildman–Crippen LogP) is 3.50. The van der Waals surface area contributed by atoms with Crippen LogP contribution in [-0.2, 0) is 6.54 Å². The summed E-state index contributed by atoms with van der Waals surface area (Å²) in [7, 11) is 0. The molecule has 0 amide bonds. The van der Waals surface area contributed by atoms with Crippen LogP contribution in [0.5, 0.6) is 0 Å². The highest BCUT2D eigenvalue weighted by atomic mass is 79.9. The van der Waals surface area contributed by atoms with Crippen molar-refractivity contribution in [2.45, 2.75) is 6.54 Å². The zero-order valence-corrected chi connectivity index (χ0v) is 11.9. The van der Waals surface area contributed by atoms with E-state index in [1.54, 1.807) is 12.1 Å². The first kappa shape index (κ1) is 13.5. The number of rotatable bonds is 2. The van der Waals surface area contributed by atoms with E-state index in [0.717, 1.165) is 0 Å². The average molecular weight is 352 g/mol. The molecule has 0 bridgehead atoms.